The van der Waals surface area contributed by atoms with Crippen LogP contribution in [-0.2, 0) is 6.42 Å². The number of aliphatic hydroxyl groups is 1. The zero-order valence-corrected chi connectivity index (χ0v) is 12.0. The van der Waals surface area contributed by atoms with Gasteiger partial charge in [-0.05, 0) is 67.7 Å². The van der Waals surface area contributed by atoms with Gasteiger partial charge in [-0.15, -0.1) is 0 Å². The first-order valence-corrected chi connectivity index (χ1v) is 7.53. The third-order valence-electron chi connectivity index (χ3n) is 4.53. The van der Waals surface area contributed by atoms with Crippen molar-refractivity contribution in [3.8, 4) is 0 Å². The van der Waals surface area contributed by atoms with Crippen molar-refractivity contribution in [3.05, 3.63) is 35.1 Å². The average Bonchev–Trinajstić information content (AvgIpc) is 2.37. The molecular formula is C17H25FO. The van der Waals surface area contributed by atoms with Gasteiger partial charge in [0.1, 0.15) is 5.82 Å². The molecule has 1 aromatic rings. The van der Waals surface area contributed by atoms with Gasteiger partial charge in [0.2, 0.25) is 0 Å². The van der Waals surface area contributed by atoms with E-state index in [0.29, 0.717) is 5.92 Å². The van der Waals surface area contributed by atoms with Crippen LogP contribution in [0.25, 0.3) is 0 Å². The van der Waals surface area contributed by atoms with Crippen LogP contribution < -0.4 is 0 Å². The van der Waals surface area contributed by atoms with Gasteiger partial charge in [0.15, 0.2) is 0 Å². The summed E-state index contributed by atoms with van der Waals surface area (Å²) in [6, 6.07) is 5.00. The molecule has 1 saturated carbocycles. The smallest absolute Gasteiger partial charge is 0.123 e. The summed E-state index contributed by atoms with van der Waals surface area (Å²) in [6.45, 7) is 4.18. The van der Waals surface area contributed by atoms with Crippen molar-refractivity contribution in [1.82, 2.24) is 0 Å². The minimum Gasteiger partial charge on any atom is -0.393 e. The number of aliphatic hydroxyl groups excluding tert-OH is 1. The summed E-state index contributed by atoms with van der Waals surface area (Å²) in [5.74, 6) is 0.933. The quantitative estimate of drug-likeness (QED) is 0.861. The summed E-state index contributed by atoms with van der Waals surface area (Å²) in [6.07, 6.45) is 6.40. The molecule has 1 aliphatic rings. The van der Waals surface area contributed by atoms with Gasteiger partial charge in [-0.1, -0.05) is 25.8 Å². The van der Waals surface area contributed by atoms with Crippen molar-refractivity contribution in [2.24, 2.45) is 11.8 Å². The van der Waals surface area contributed by atoms with Gasteiger partial charge >= 0.3 is 0 Å². The van der Waals surface area contributed by atoms with E-state index in [-0.39, 0.29) is 11.9 Å². The Hall–Kier alpha value is -0.890. The fourth-order valence-corrected chi connectivity index (χ4v) is 3.41. The predicted molar refractivity (Wildman–Crippen MR) is 76.6 cm³/mol. The van der Waals surface area contributed by atoms with Gasteiger partial charge in [-0.25, -0.2) is 4.39 Å². The number of halogens is 1. The highest BCUT2D eigenvalue weighted by molar-refractivity contribution is 5.27. The topological polar surface area (TPSA) is 20.2 Å². The zero-order valence-electron chi connectivity index (χ0n) is 12.0. The highest BCUT2D eigenvalue weighted by atomic mass is 19.1. The predicted octanol–water partition coefficient (Wildman–Crippen LogP) is 4.25. The molecule has 1 nitrogen and oxygen atoms in total. The van der Waals surface area contributed by atoms with Gasteiger partial charge < -0.3 is 5.11 Å². The Labute approximate surface area is 115 Å². The Kier molecular flexibility index (Phi) is 4.98. The van der Waals surface area contributed by atoms with E-state index in [1.54, 1.807) is 6.07 Å². The molecule has 3 atom stereocenters. The maximum absolute atomic E-state index is 13.1. The summed E-state index contributed by atoms with van der Waals surface area (Å²) < 4.78 is 13.1. The highest BCUT2D eigenvalue weighted by Gasteiger charge is 2.29. The van der Waals surface area contributed by atoms with E-state index < -0.39 is 0 Å². The second-order valence-electron chi connectivity index (χ2n) is 6.07. The van der Waals surface area contributed by atoms with Crippen molar-refractivity contribution < 1.29 is 9.50 Å². The molecule has 1 aliphatic carbocycles. The van der Waals surface area contributed by atoms with Crippen molar-refractivity contribution in [1.29, 1.82) is 0 Å². The van der Waals surface area contributed by atoms with Gasteiger partial charge in [0, 0.05) is 0 Å². The van der Waals surface area contributed by atoms with Crippen molar-refractivity contribution in [3.63, 3.8) is 0 Å². The number of hydrogen-bond donors (Lipinski definition) is 1. The van der Waals surface area contributed by atoms with E-state index in [2.05, 4.69) is 6.92 Å². The number of rotatable bonds is 4. The monoisotopic (exact) mass is 264 g/mol. The fourth-order valence-electron chi connectivity index (χ4n) is 3.41. The normalized spacial score (nSPS) is 27.5. The van der Waals surface area contributed by atoms with Gasteiger partial charge in [0.05, 0.1) is 6.10 Å². The van der Waals surface area contributed by atoms with E-state index in [4.69, 9.17) is 0 Å². The molecule has 106 valence electrons. The summed E-state index contributed by atoms with van der Waals surface area (Å²) >= 11 is 0. The fraction of sp³-hybridized carbons (Fsp3) is 0.647. The van der Waals surface area contributed by atoms with Crippen LogP contribution in [0.5, 0.6) is 0 Å². The lowest BCUT2D eigenvalue weighted by Crippen LogP contribution is -2.30. The second kappa shape index (κ2) is 6.51. The van der Waals surface area contributed by atoms with E-state index in [1.807, 2.05) is 13.0 Å². The first-order chi connectivity index (χ1) is 9.10. The van der Waals surface area contributed by atoms with Gasteiger partial charge in [-0.2, -0.15) is 0 Å². The molecule has 0 amide bonds. The van der Waals surface area contributed by atoms with Crippen LogP contribution in [-0.4, -0.2) is 11.2 Å². The van der Waals surface area contributed by atoms with Crippen LogP contribution in [0.1, 0.15) is 50.2 Å². The SMILES string of the molecule is CCCC1CCC(O)C(Cc2ccc(F)cc2C)C1. The third kappa shape index (κ3) is 3.79. The molecule has 1 aromatic carbocycles. The maximum atomic E-state index is 13.1. The zero-order chi connectivity index (χ0) is 13.8. The molecule has 0 saturated heterocycles. The van der Waals surface area contributed by atoms with E-state index in [0.717, 1.165) is 37.2 Å². The van der Waals surface area contributed by atoms with E-state index in [1.165, 1.54) is 24.5 Å². The molecular weight excluding hydrogens is 239 g/mol. The lowest BCUT2D eigenvalue weighted by atomic mass is 9.75. The number of benzene rings is 1. The minimum atomic E-state index is -0.183. The molecule has 19 heavy (non-hydrogen) atoms. The van der Waals surface area contributed by atoms with Gasteiger partial charge in [0.25, 0.3) is 0 Å². The van der Waals surface area contributed by atoms with Crippen LogP contribution in [0.15, 0.2) is 18.2 Å². The van der Waals surface area contributed by atoms with Gasteiger partial charge in [-0.3, -0.25) is 0 Å². The Morgan fingerprint density at radius 1 is 1.32 bits per heavy atom. The average molecular weight is 264 g/mol. The molecule has 1 N–H and O–H groups in total. The molecule has 0 radical (unpaired) electrons. The summed E-state index contributed by atoms with van der Waals surface area (Å²) in [7, 11) is 0. The molecule has 2 heteroatoms. The minimum absolute atomic E-state index is 0.172. The third-order valence-corrected chi connectivity index (χ3v) is 4.53. The maximum Gasteiger partial charge on any atom is 0.123 e. The Balaban J connectivity index is 2.03. The Bertz CT molecular complexity index is 416. The lowest BCUT2D eigenvalue weighted by Gasteiger charge is -2.33. The van der Waals surface area contributed by atoms with Crippen molar-refractivity contribution in [2.45, 2.75) is 58.5 Å². The Morgan fingerprint density at radius 3 is 2.79 bits per heavy atom. The first kappa shape index (κ1) is 14.5. The lowest BCUT2D eigenvalue weighted by molar-refractivity contribution is 0.0462. The highest BCUT2D eigenvalue weighted by Crippen LogP contribution is 2.34. The molecule has 0 spiro atoms. The standard InChI is InChI=1S/C17H25FO/c1-3-4-13-5-8-17(19)15(10-13)11-14-6-7-16(18)9-12(14)2/h6-7,9,13,15,17,19H,3-5,8,10-11H2,1-2H3. The van der Waals surface area contributed by atoms with Crippen LogP contribution >= 0.6 is 0 Å². The van der Waals surface area contributed by atoms with Crippen LogP contribution in [0.2, 0.25) is 0 Å². The summed E-state index contributed by atoms with van der Waals surface area (Å²) in [5.41, 5.74) is 2.19. The van der Waals surface area contributed by atoms with Crippen LogP contribution in [0.3, 0.4) is 0 Å². The summed E-state index contributed by atoms with van der Waals surface area (Å²) in [5, 5.41) is 10.2. The van der Waals surface area contributed by atoms with Crippen molar-refractivity contribution in [2.75, 3.05) is 0 Å². The largest absolute Gasteiger partial charge is 0.393 e. The number of hydrogen-bond acceptors (Lipinski definition) is 1. The number of aryl methyl sites for hydroxylation is 1. The molecule has 2 rings (SSSR count). The van der Waals surface area contributed by atoms with Crippen LogP contribution in [0, 0.1) is 24.6 Å². The van der Waals surface area contributed by atoms with Crippen molar-refractivity contribution >= 4 is 0 Å². The second-order valence-corrected chi connectivity index (χ2v) is 6.07. The van der Waals surface area contributed by atoms with Crippen LogP contribution in [0.4, 0.5) is 4.39 Å². The summed E-state index contributed by atoms with van der Waals surface area (Å²) in [4.78, 5) is 0. The van der Waals surface area contributed by atoms with E-state index >= 15 is 0 Å². The Morgan fingerprint density at radius 2 is 2.11 bits per heavy atom. The molecule has 0 aromatic heterocycles. The molecule has 0 bridgehead atoms. The first-order valence-electron chi connectivity index (χ1n) is 7.53. The molecule has 0 heterocycles. The molecule has 1 fully saturated rings. The van der Waals surface area contributed by atoms with E-state index in [9.17, 15) is 9.50 Å². The molecule has 3 unspecified atom stereocenters. The molecule has 0 aliphatic heterocycles.